The van der Waals surface area contributed by atoms with E-state index in [9.17, 15) is 0 Å². The van der Waals surface area contributed by atoms with E-state index in [0.29, 0.717) is 0 Å². The number of hydrogen-bond acceptors (Lipinski definition) is 4. The van der Waals surface area contributed by atoms with Gasteiger partial charge >= 0.3 is 0 Å². The van der Waals surface area contributed by atoms with E-state index in [1.54, 1.807) is 12.4 Å². The van der Waals surface area contributed by atoms with E-state index in [1.165, 1.54) is 0 Å². The van der Waals surface area contributed by atoms with E-state index in [-0.39, 0.29) is 0 Å². The first kappa shape index (κ1) is 12.7. The average molecular weight is 267 g/mol. The van der Waals surface area contributed by atoms with E-state index in [2.05, 4.69) is 39.7 Å². The van der Waals surface area contributed by atoms with Gasteiger partial charge in [0.25, 0.3) is 0 Å². The number of aromatic nitrogens is 4. The van der Waals surface area contributed by atoms with Crippen molar-refractivity contribution in [2.45, 2.75) is 19.9 Å². The fourth-order valence-electron chi connectivity index (χ4n) is 2.18. The van der Waals surface area contributed by atoms with Gasteiger partial charge in [-0.1, -0.05) is 18.2 Å². The fraction of sp³-hybridized carbons (Fsp3) is 0.267. The minimum Gasteiger partial charge on any atom is -0.311 e. The monoisotopic (exact) mass is 267 g/mol. The van der Waals surface area contributed by atoms with Crippen LogP contribution < -0.4 is 5.32 Å². The maximum absolute atomic E-state index is 4.33. The Hall–Kier alpha value is -2.27. The van der Waals surface area contributed by atoms with Crippen LogP contribution >= 0.6 is 0 Å². The van der Waals surface area contributed by atoms with Crippen molar-refractivity contribution in [3.8, 4) is 5.69 Å². The smallest absolute Gasteiger partial charge is 0.0783 e. The van der Waals surface area contributed by atoms with Crippen molar-refractivity contribution in [2.75, 3.05) is 6.54 Å². The summed E-state index contributed by atoms with van der Waals surface area (Å²) < 4.78 is 1.87. The molecule has 5 nitrogen and oxygen atoms in total. The fourth-order valence-corrected chi connectivity index (χ4v) is 2.18. The summed E-state index contributed by atoms with van der Waals surface area (Å²) in [5.74, 6) is 0. The van der Waals surface area contributed by atoms with Crippen LogP contribution in [0.5, 0.6) is 0 Å². The highest BCUT2D eigenvalue weighted by molar-refractivity contribution is 5.80. The van der Waals surface area contributed by atoms with E-state index in [1.807, 2.05) is 22.9 Å². The zero-order chi connectivity index (χ0) is 13.8. The molecule has 0 amide bonds. The predicted octanol–water partition coefficient (Wildman–Crippen LogP) is 2.32. The molecule has 0 saturated heterocycles. The minimum atomic E-state index is 0.770. The van der Waals surface area contributed by atoms with Crippen LogP contribution in [-0.4, -0.2) is 26.5 Å². The molecule has 1 aromatic carbocycles. The van der Waals surface area contributed by atoms with Gasteiger partial charge in [0.1, 0.15) is 0 Å². The van der Waals surface area contributed by atoms with E-state index < -0.39 is 0 Å². The Morgan fingerprint density at radius 1 is 1.25 bits per heavy atom. The van der Waals surface area contributed by atoms with Gasteiger partial charge in [-0.2, -0.15) is 0 Å². The Labute approximate surface area is 117 Å². The summed E-state index contributed by atoms with van der Waals surface area (Å²) in [4.78, 5) is 4.33. The topological polar surface area (TPSA) is 55.6 Å². The van der Waals surface area contributed by atoms with Gasteiger partial charge in [0, 0.05) is 18.1 Å². The molecule has 20 heavy (non-hydrogen) atoms. The summed E-state index contributed by atoms with van der Waals surface area (Å²) in [6, 6.07) is 10.1. The maximum atomic E-state index is 4.33. The molecule has 1 N–H and O–H groups in total. The zero-order valence-corrected chi connectivity index (χ0v) is 11.5. The predicted molar refractivity (Wildman–Crippen MR) is 78.7 cm³/mol. The molecule has 0 atom stereocenters. The van der Waals surface area contributed by atoms with Crippen LogP contribution in [0.15, 0.2) is 42.7 Å². The van der Waals surface area contributed by atoms with Gasteiger partial charge in [-0.15, -0.1) is 5.10 Å². The molecule has 5 heteroatoms. The molecule has 0 fully saturated rings. The SMILES string of the molecule is CCCNCc1cnnn1-c1ccc2ncccc2c1. The van der Waals surface area contributed by atoms with Gasteiger partial charge in [-0.3, -0.25) is 4.98 Å². The van der Waals surface area contributed by atoms with Crippen LogP contribution in [0.25, 0.3) is 16.6 Å². The van der Waals surface area contributed by atoms with Crippen molar-refractivity contribution in [1.29, 1.82) is 0 Å². The zero-order valence-electron chi connectivity index (χ0n) is 11.5. The molecule has 0 aliphatic rings. The Morgan fingerprint density at radius 2 is 2.20 bits per heavy atom. The highest BCUT2D eigenvalue weighted by Gasteiger charge is 2.06. The molecule has 102 valence electrons. The average Bonchev–Trinajstić information content (AvgIpc) is 2.95. The third-order valence-electron chi connectivity index (χ3n) is 3.18. The van der Waals surface area contributed by atoms with Crippen LogP contribution in [-0.2, 0) is 6.54 Å². The third-order valence-corrected chi connectivity index (χ3v) is 3.18. The summed E-state index contributed by atoms with van der Waals surface area (Å²) >= 11 is 0. The lowest BCUT2D eigenvalue weighted by Crippen LogP contribution is -2.16. The van der Waals surface area contributed by atoms with Crippen LogP contribution in [0.1, 0.15) is 19.0 Å². The molecule has 0 radical (unpaired) electrons. The summed E-state index contributed by atoms with van der Waals surface area (Å²) in [6.45, 7) is 3.91. The van der Waals surface area contributed by atoms with Crippen molar-refractivity contribution in [1.82, 2.24) is 25.3 Å². The standard InChI is InChI=1S/C15H17N5/c1-2-7-16-10-14-11-18-19-20(14)13-5-6-15-12(9-13)4-3-8-17-15/h3-6,8-9,11,16H,2,7,10H2,1H3. The minimum absolute atomic E-state index is 0.770. The van der Waals surface area contributed by atoms with Crippen LogP contribution in [0.2, 0.25) is 0 Å². The molecule has 0 aliphatic carbocycles. The Bertz CT molecular complexity index is 704. The number of rotatable bonds is 5. The highest BCUT2D eigenvalue weighted by Crippen LogP contribution is 2.17. The van der Waals surface area contributed by atoms with Crippen molar-refractivity contribution in [3.63, 3.8) is 0 Å². The highest BCUT2D eigenvalue weighted by atomic mass is 15.4. The molecule has 2 aromatic heterocycles. The molecule has 3 rings (SSSR count). The number of pyridine rings is 1. The summed E-state index contributed by atoms with van der Waals surface area (Å²) in [5.41, 5.74) is 3.06. The molecular weight excluding hydrogens is 250 g/mol. The van der Waals surface area contributed by atoms with Crippen LogP contribution in [0.4, 0.5) is 0 Å². The number of nitrogens with one attached hydrogen (secondary N) is 1. The largest absolute Gasteiger partial charge is 0.311 e. The molecule has 0 bridgehead atoms. The van der Waals surface area contributed by atoms with Gasteiger partial charge in [0.05, 0.1) is 23.1 Å². The summed E-state index contributed by atoms with van der Waals surface area (Å²) in [6.07, 6.45) is 4.72. The third kappa shape index (κ3) is 2.53. The Balaban J connectivity index is 1.92. The van der Waals surface area contributed by atoms with Crippen LogP contribution in [0, 0.1) is 0 Å². The molecule has 0 unspecified atom stereocenters. The van der Waals surface area contributed by atoms with Gasteiger partial charge < -0.3 is 5.32 Å². The van der Waals surface area contributed by atoms with E-state index in [4.69, 9.17) is 0 Å². The Kier molecular flexibility index (Phi) is 3.69. The lowest BCUT2D eigenvalue weighted by atomic mass is 10.2. The lowest BCUT2D eigenvalue weighted by Gasteiger charge is -2.08. The lowest BCUT2D eigenvalue weighted by molar-refractivity contribution is 0.641. The first-order valence-electron chi connectivity index (χ1n) is 6.84. The molecule has 0 saturated carbocycles. The van der Waals surface area contributed by atoms with Gasteiger partial charge in [0.15, 0.2) is 0 Å². The second-order valence-corrected chi connectivity index (χ2v) is 4.69. The second kappa shape index (κ2) is 5.79. The number of hydrogen-bond donors (Lipinski definition) is 1. The van der Waals surface area contributed by atoms with Crippen LogP contribution in [0.3, 0.4) is 0 Å². The second-order valence-electron chi connectivity index (χ2n) is 4.69. The van der Waals surface area contributed by atoms with E-state index >= 15 is 0 Å². The van der Waals surface area contributed by atoms with Crippen molar-refractivity contribution < 1.29 is 0 Å². The molecule has 0 aliphatic heterocycles. The molecule has 2 heterocycles. The quantitative estimate of drug-likeness (QED) is 0.721. The van der Waals surface area contributed by atoms with Gasteiger partial charge in [0.2, 0.25) is 0 Å². The summed E-state index contributed by atoms with van der Waals surface area (Å²) in [5, 5.41) is 12.7. The molecule has 3 aromatic rings. The van der Waals surface area contributed by atoms with E-state index in [0.717, 1.165) is 41.8 Å². The normalized spacial score (nSPS) is 11.1. The summed E-state index contributed by atoms with van der Waals surface area (Å²) in [7, 11) is 0. The van der Waals surface area contributed by atoms with Gasteiger partial charge in [-0.25, -0.2) is 4.68 Å². The molecule has 0 spiro atoms. The van der Waals surface area contributed by atoms with Crippen molar-refractivity contribution in [3.05, 3.63) is 48.4 Å². The number of fused-ring (bicyclic) bond motifs is 1. The van der Waals surface area contributed by atoms with Crippen molar-refractivity contribution in [2.24, 2.45) is 0 Å². The number of benzene rings is 1. The first-order chi connectivity index (χ1) is 9.88. The Morgan fingerprint density at radius 3 is 3.10 bits per heavy atom. The van der Waals surface area contributed by atoms with Gasteiger partial charge in [-0.05, 0) is 37.2 Å². The van der Waals surface area contributed by atoms with Crippen molar-refractivity contribution >= 4 is 10.9 Å². The first-order valence-corrected chi connectivity index (χ1v) is 6.84. The molecular formula is C15H17N5. The number of nitrogens with zero attached hydrogens (tertiary/aromatic N) is 4. The maximum Gasteiger partial charge on any atom is 0.0783 e.